The number of amides is 1. The molecule has 0 bridgehead atoms. The molecule has 2 heterocycles. The Morgan fingerprint density at radius 1 is 1.20 bits per heavy atom. The molecule has 0 unspecified atom stereocenters. The first-order valence-corrected chi connectivity index (χ1v) is 9.54. The van der Waals surface area contributed by atoms with Gasteiger partial charge < -0.3 is 19.8 Å². The minimum absolute atomic E-state index is 0.0781. The van der Waals surface area contributed by atoms with Gasteiger partial charge in [0.05, 0.1) is 36.5 Å². The summed E-state index contributed by atoms with van der Waals surface area (Å²) in [5.74, 6) is 0.306. The van der Waals surface area contributed by atoms with Crippen molar-refractivity contribution in [2.24, 2.45) is 5.41 Å². The van der Waals surface area contributed by atoms with Crippen molar-refractivity contribution in [2.45, 2.75) is 19.5 Å². The van der Waals surface area contributed by atoms with Crippen LogP contribution in [0.3, 0.4) is 0 Å². The van der Waals surface area contributed by atoms with Gasteiger partial charge >= 0.3 is 6.18 Å². The maximum Gasteiger partial charge on any atom is 0.416 e. The van der Waals surface area contributed by atoms with Gasteiger partial charge in [0.25, 0.3) is 0 Å². The van der Waals surface area contributed by atoms with Crippen LogP contribution in [0.25, 0.3) is 10.9 Å². The van der Waals surface area contributed by atoms with Crippen molar-refractivity contribution in [1.29, 1.82) is 0 Å². The van der Waals surface area contributed by atoms with Crippen molar-refractivity contribution in [3.63, 3.8) is 0 Å². The Hall–Kier alpha value is -3.00. The lowest BCUT2D eigenvalue weighted by Gasteiger charge is -2.36. The molecule has 8 heteroatoms. The molecule has 0 atom stereocenters. The normalized spacial score (nSPS) is 15.6. The molecule has 1 aliphatic heterocycles. The fourth-order valence-corrected chi connectivity index (χ4v) is 3.27. The van der Waals surface area contributed by atoms with E-state index in [1.807, 2.05) is 25.1 Å². The molecular weight excluding hydrogens is 397 g/mol. The summed E-state index contributed by atoms with van der Waals surface area (Å²) in [6.45, 7) is 3.00. The maximum atomic E-state index is 12.6. The molecule has 3 aromatic rings. The smallest absolute Gasteiger partial charge is 0.416 e. The third kappa shape index (κ3) is 4.14. The number of alkyl halides is 3. The number of halogens is 3. The molecule has 1 amide bonds. The molecular formula is C22H21F3N2O3. The average molecular weight is 418 g/mol. The largest absolute Gasteiger partial charge is 0.493 e. The quantitative estimate of drug-likeness (QED) is 0.605. The molecule has 30 heavy (non-hydrogen) atoms. The molecule has 158 valence electrons. The predicted octanol–water partition coefficient (Wildman–Crippen LogP) is 4.78. The van der Waals surface area contributed by atoms with Crippen LogP contribution in [0, 0.1) is 5.41 Å². The molecule has 2 N–H and O–H groups in total. The van der Waals surface area contributed by atoms with Crippen LogP contribution in [0.4, 0.5) is 18.9 Å². The molecule has 5 nitrogen and oxygen atoms in total. The topological polar surface area (TPSA) is 63.4 Å². The molecule has 0 radical (unpaired) electrons. The van der Waals surface area contributed by atoms with Crippen LogP contribution in [0.5, 0.6) is 5.75 Å². The van der Waals surface area contributed by atoms with Crippen LogP contribution >= 0.6 is 0 Å². The van der Waals surface area contributed by atoms with Crippen LogP contribution in [0.2, 0.25) is 0 Å². The first-order chi connectivity index (χ1) is 14.2. The third-order valence-electron chi connectivity index (χ3n) is 5.22. The predicted molar refractivity (Wildman–Crippen MR) is 106 cm³/mol. The average Bonchev–Trinajstić information content (AvgIpc) is 3.08. The van der Waals surface area contributed by atoms with E-state index in [-0.39, 0.29) is 5.91 Å². The Morgan fingerprint density at radius 3 is 2.57 bits per heavy atom. The van der Waals surface area contributed by atoms with E-state index in [1.54, 1.807) is 6.20 Å². The summed E-state index contributed by atoms with van der Waals surface area (Å²) in [7, 11) is 0. The Labute approximate surface area is 171 Å². The number of aromatic amines is 1. The number of anilines is 1. The summed E-state index contributed by atoms with van der Waals surface area (Å²) >= 11 is 0. The number of aromatic nitrogens is 1. The zero-order valence-electron chi connectivity index (χ0n) is 16.3. The molecule has 1 saturated heterocycles. The van der Waals surface area contributed by atoms with Crippen LogP contribution in [-0.4, -0.2) is 30.7 Å². The second kappa shape index (κ2) is 7.68. The van der Waals surface area contributed by atoms with Gasteiger partial charge in [0.1, 0.15) is 5.75 Å². The molecule has 1 fully saturated rings. The summed E-state index contributed by atoms with van der Waals surface area (Å²) in [6.07, 6.45) is -2.03. The minimum atomic E-state index is -4.36. The van der Waals surface area contributed by atoms with Gasteiger partial charge in [-0.1, -0.05) is 6.07 Å². The lowest BCUT2D eigenvalue weighted by Crippen LogP contribution is -2.49. The zero-order chi connectivity index (χ0) is 21.4. The number of carbonyl (C=O) groups excluding carboxylic acids is 1. The number of rotatable bonds is 6. The number of benzene rings is 2. The van der Waals surface area contributed by atoms with E-state index in [1.165, 1.54) is 12.1 Å². The van der Waals surface area contributed by atoms with Gasteiger partial charge in [0.2, 0.25) is 5.91 Å². The molecule has 1 aliphatic rings. The van der Waals surface area contributed by atoms with Gasteiger partial charge in [-0.15, -0.1) is 0 Å². The van der Waals surface area contributed by atoms with E-state index >= 15 is 0 Å². The van der Waals surface area contributed by atoms with Crippen molar-refractivity contribution < 1.29 is 27.4 Å². The van der Waals surface area contributed by atoms with Crippen LogP contribution in [-0.2, 0) is 22.1 Å². The SMILES string of the molecule is CC1(C(=O)Nc2c[nH]c3ccc(CCOc4ccc(C(F)(F)F)cc4)cc23)COC1. The Morgan fingerprint density at radius 2 is 1.93 bits per heavy atom. The van der Waals surface area contributed by atoms with Crippen molar-refractivity contribution in [3.8, 4) is 5.75 Å². The monoisotopic (exact) mass is 418 g/mol. The van der Waals surface area contributed by atoms with E-state index in [0.717, 1.165) is 28.6 Å². The van der Waals surface area contributed by atoms with Crippen LogP contribution in [0.15, 0.2) is 48.7 Å². The highest BCUT2D eigenvalue weighted by molar-refractivity contribution is 6.04. The first kappa shape index (κ1) is 20.3. The van der Waals surface area contributed by atoms with E-state index in [2.05, 4.69) is 10.3 Å². The van der Waals surface area contributed by atoms with E-state index in [4.69, 9.17) is 9.47 Å². The van der Waals surface area contributed by atoms with Gasteiger partial charge in [-0.05, 0) is 48.9 Å². The number of hydrogen-bond donors (Lipinski definition) is 2. The van der Waals surface area contributed by atoms with Gasteiger partial charge in [-0.25, -0.2) is 0 Å². The third-order valence-corrected chi connectivity index (χ3v) is 5.22. The lowest BCUT2D eigenvalue weighted by molar-refractivity contribution is -0.151. The lowest BCUT2D eigenvalue weighted by atomic mass is 9.87. The van der Waals surface area contributed by atoms with Crippen molar-refractivity contribution in [3.05, 3.63) is 59.8 Å². The van der Waals surface area contributed by atoms with Crippen molar-refractivity contribution in [1.82, 2.24) is 4.98 Å². The summed E-state index contributed by atoms with van der Waals surface area (Å²) in [5.41, 5.74) is 1.38. The number of carbonyl (C=O) groups is 1. The molecule has 0 aliphatic carbocycles. The zero-order valence-corrected chi connectivity index (χ0v) is 16.3. The fraction of sp³-hybridized carbons (Fsp3) is 0.318. The number of H-pyrrole nitrogens is 1. The summed E-state index contributed by atoms with van der Waals surface area (Å²) in [4.78, 5) is 15.6. The Bertz CT molecular complexity index is 1050. The van der Waals surface area contributed by atoms with Crippen molar-refractivity contribution >= 4 is 22.5 Å². The van der Waals surface area contributed by atoms with Gasteiger partial charge in [-0.2, -0.15) is 13.2 Å². The van der Waals surface area contributed by atoms with Gasteiger partial charge in [0.15, 0.2) is 0 Å². The Balaban J connectivity index is 1.39. The number of hydrogen-bond acceptors (Lipinski definition) is 3. The molecule has 4 rings (SSSR count). The number of ether oxygens (including phenoxy) is 2. The van der Waals surface area contributed by atoms with Crippen molar-refractivity contribution in [2.75, 3.05) is 25.1 Å². The molecule has 0 spiro atoms. The van der Waals surface area contributed by atoms with E-state index in [9.17, 15) is 18.0 Å². The molecule has 2 aromatic carbocycles. The second-order valence-electron chi connectivity index (χ2n) is 7.71. The highest BCUT2D eigenvalue weighted by Gasteiger charge is 2.41. The highest BCUT2D eigenvalue weighted by atomic mass is 19.4. The molecule has 0 saturated carbocycles. The van der Waals surface area contributed by atoms with Gasteiger partial charge in [0, 0.05) is 23.5 Å². The van der Waals surface area contributed by atoms with E-state index in [0.29, 0.717) is 37.7 Å². The summed E-state index contributed by atoms with van der Waals surface area (Å²) in [6, 6.07) is 10.5. The summed E-state index contributed by atoms with van der Waals surface area (Å²) in [5, 5.41) is 3.85. The Kier molecular flexibility index (Phi) is 5.19. The van der Waals surface area contributed by atoms with Gasteiger partial charge in [-0.3, -0.25) is 4.79 Å². The van der Waals surface area contributed by atoms with Crippen LogP contribution in [0.1, 0.15) is 18.1 Å². The maximum absolute atomic E-state index is 12.6. The molecule has 1 aromatic heterocycles. The highest BCUT2D eigenvalue weighted by Crippen LogP contribution is 2.32. The standard InChI is InChI=1S/C22H21F3N2O3/c1-21(12-29-13-21)20(28)27-19-11-26-18-7-2-14(10-17(18)19)8-9-30-16-5-3-15(4-6-16)22(23,24)25/h2-7,10-11,26H,8-9,12-13H2,1H3,(H,27,28). The van der Waals surface area contributed by atoms with E-state index < -0.39 is 17.2 Å². The second-order valence-corrected chi connectivity index (χ2v) is 7.71. The van der Waals surface area contributed by atoms with Crippen LogP contribution < -0.4 is 10.1 Å². The minimum Gasteiger partial charge on any atom is -0.493 e. The first-order valence-electron chi connectivity index (χ1n) is 9.54. The summed E-state index contributed by atoms with van der Waals surface area (Å²) < 4.78 is 48.6. The fourth-order valence-electron chi connectivity index (χ4n) is 3.27. The number of fused-ring (bicyclic) bond motifs is 1. The number of nitrogens with one attached hydrogen (secondary N) is 2.